The van der Waals surface area contributed by atoms with Crippen LogP contribution in [0.25, 0.3) is 0 Å². The Morgan fingerprint density at radius 1 is 1.26 bits per heavy atom. The third kappa shape index (κ3) is 8.37. The molecule has 0 aromatic carbocycles. The van der Waals surface area contributed by atoms with Crippen LogP contribution in [0.15, 0.2) is 15.6 Å². The minimum absolute atomic E-state index is 0. The van der Waals surface area contributed by atoms with Crippen LogP contribution in [0, 0.1) is 11.8 Å². The van der Waals surface area contributed by atoms with Crippen LogP contribution in [0.1, 0.15) is 59.1 Å². The van der Waals surface area contributed by atoms with Gasteiger partial charge in [0, 0.05) is 32.1 Å². The number of nitrogens with zero attached hydrogens (tertiary/aromatic N) is 3. The molecule has 6 nitrogen and oxygen atoms in total. The van der Waals surface area contributed by atoms with Crippen LogP contribution < -0.4 is 10.6 Å². The quantitative estimate of drug-likeness (QED) is 0.276. The van der Waals surface area contributed by atoms with Crippen molar-refractivity contribution in [1.29, 1.82) is 0 Å². The monoisotopic (exact) mass is 491 g/mol. The fraction of sp³-hybridized carbons (Fsp3) is 0.800. The minimum atomic E-state index is -0.0192. The van der Waals surface area contributed by atoms with E-state index in [2.05, 4.69) is 60.1 Å². The number of likely N-dealkylation sites (tertiary alicyclic amines) is 1. The number of aliphatic imine (C=N–C) groups is 1. The van der Waals surface area contributed by atoms with Crippen molar-refractivity contribution in [1.82, 2.24) is 20.5 Å². The van der Waals surface area contributed by atoms with Crippen molar-refractivity contribution in [3.63, 3.8) is 0 Å². The molecule has 7 heteroatoms. The molecule has 1 saturated heterocycles. The molecule has 2 N–H and O–H groups in total. The van der Waals surface area contributed by atoms with Gasteiger partial charge in [-0.15, -0.1) is 24.0 Å². The van der Waals surface area contributed by atoms with Gasteiger partial charge in [0.15, 0.2) is 5.96 Å². The first-order valence-corrected chi connectivity index (χ1v) is 9.90. The van der Waals surface area contributed by atoms with Crippen LogP contribution in [-0.4, -0.2) is 49.1 Å². The summed E-state index contributed by atoms with van der Waals surface area (Å²) in [6, 6.07) is 0. The fourth-order valence-electron chi connectivity index (χ4n) is 3.60. The number of hydrogen-bond acceptors (Lipinski definition) is 4. The van der Waals surface area contributed by atoms with Crippen LogP contribution >= 0.6 is 24.0 Å². The number of piperidine rings is 1. The molecule has 0 bridgehead atoms. The van der Waals surface area contributed by atoms with E-state index in [1.807, 2.05) is 6.20 Å². The normalized spacial score (nSPS) is 21.6. The van der Waals surface area contributed by atoms with Crippen molar-refractivity contribution in [3.8, 4) is 0 Å². The molecule has 156 valence electrons. The molecule has 2 atom stereocenters. The van der Waals surface area contributed by atoms with Gasteiger partial charge in [0.1, 0.15) is 5.76 Å². The SMILES string of the molecule is CN=C(NCCCN1CC(C)CC(C)C1)NCc1ncc(C(C)(C)C)o1.I. The lowest BCUT2D eigenvalue weighted by Gasteiger charge is -2.35. The van der Waals surface area contributed by atoms with Crippen LogP contribution in [-0.2, 0) is 12.0 Å². The van der Waals surface area contributed by atoms with Gasteiger partial charge in [-0.2, -0.15) is 0 Å². The van der Waals surface area contributed by atoms with E-state index in [1.54, 1.807) is 7.05 Å². The highest BCUT2D eigenvalue weighted by molar-refractivity contribution is 14.0. The molecular weight excluding hydrogens is 453 g/mol. The van der Waals surface area contributed by atoms with Crippen molar-refractivity contribution in [2.45, 2.75) is 59.4 Å². The number of oxazole rings is 1. The average Bonchev–Trinajstić information content (AvgIpc) is 3.02. The van der Waals surface area contributed by atoms with Crippen molar-refractivity contribution in [2.75, 3.05) is 33.2 Å². The lowest BCUT2D eigenvalue weighted by molar-refractivity contribution is 0.140. The third-order valence-corrected chi connectivity index (χ3v) is 4.81. The Bertz CT molecular complexity index is 571. The molecular formula is C20H38IN5O. The van der Waals surface area contributed by atoms with Gasteiger partial charge < -0.3 is 20.0 Å². The Morgan fingerprint density at radius 3 is 2.48 bits per heavy atom. The molecule has 0 spiro atoms. The fourth-order valence-corrected chi connectivity index (χ4v) is 3.60. The molecule has 2 rings (SSSR count). The van der Waals surface area contributed by atoms with E-state index < -0.39 is 0 Å². The van der Waals surface area contributed by atoms with Crippen LogP contribution in [0.5, 0.6) is 0 Å². The molecule has 0 saturated carbocycles. The van der Waals surface area contributed by atoms with Crippen molar-refractivity contribution < 1.29 is 4.42 Å². The first-order valence-electron chi connectivity index (χ1n) is 9.90. The number of guanidine groups is 1. The molecule has 1 aromatic rings. The summed E-state index contributed by atoms with van der Waals surface area (Å²) in [7, 11) is 1.79. The maximum atomic E-state index is 5.80. The summed E-state index contributed by atoms with van der Waals surface area (Å²) in [4.78, 5) is 11.2. The average molecular weight is 491 g/mol. The van der Waals surface area contributed by atoms with Gasteiger partial charge >= 0.3 is 0 Å². The van der Waals surface area contributed by atoms with Crippen molar-refractivity contribution in [3.05, 3.63) is 17.8 Å². The van der Waals surface area contributed by atoms with E-state index in [0.717, 1.165) is 43.1 Å². The van der Waals surface area contributed by atoms with Crippen molar-refractivity contribution in [2.24, 2.45) is 16.8 Å². The molecule has 27 heavy (non-hydrogen) atoms. The van der Waals surface area contributed by atoms with Gasteiger partial charge in [0.05, 0.1) is 12.7 Å². The van der Waals surface area contributed by atoms with Gasteiger partial charge in [-0.3, -0.25) is 4.99 Å². The Labute approximate surface area is 182 Å². The Balaban J connectivity index is 0.00000364. The molecule has 0 radical (unpaired) electrons. The molecule has 0 amide bonds. The maximum absolute atomic E-state index is 5.80. The maximum Gasteiger partial charge on any atom is 0.213 e. The Morgan fingerprint density at radius 2 is 1.93 bits per heavy atom. The van der Waals surface area contributed by atoms with Crippen LogP contribution in [0.3, 0.4) is 0 Å². The largest absolute Gasteiger partial charge is 0.443 e. The summed E-state index contributed by atoms with van der Waals surface area (Å²) >= 11 is 0. The van der Waals surface area contributed by atoms with E-state index in [4.69, 9.17) is 4.42 Å². The number of nitrogens with one attached hydrogen (secondary N) is 2. The standard InChI is InChI=1S/C20H37N5O.HI/c1-15-10-16(2)14-25(13-15)9-7-8-22-19(21-6)24-12-18-23-11-17(26-18)20(3,4)5;/h11,15-16H,7-10,12-14H2,1-6H3,(H2,21,22,24);1H. The summed E-state index contributed by atoms with van der Waals surface area (Å²) in [5, 5.41) is 6.65. The summed E-state index contributed by atoms with van der Waals surface area (Å²) < 4.78 is 5.80. The van der Waals surface area contributed by atoms with Crippen LogP contribution in [0.4, 0.5) is 0 Å². The zero-order valence-electron chi connectivity index (χ0n) is 17.8. The smallest absolute Gasteiger partial charge is 0.213 e. The second-order valence-corrected chi connectivity index (χ2v) is 8.78. The van der Waals surface area contributed by atoms with E-state index in [0.29, 0.717) is 12.4 Å². The highest BCUT2D eigenvalue weighted by atomic mass is 127. The summed E-state index contributed by atoms with van der Waals surface area (Å²) in [6.45, 7) is 16.1. The van der Waals surface area contributed by atoms with Gasteiger partial charge in [-0.25, -0.2) is 4.98 Å². The van der Waals surface area contributed by atoms with Gasteiger partial charge in [-0.05, 0) is 31.2 Å². The minimum Gasteiger partial charge on any atom is -0.443 e. The predicted molar refractivity (Wildman–Crippen MR) is 123 cm³/mol. The summed E-state index contributed by atoms with van der Waals surface area (Å²) in [6.07, 6.45) is 4.30. The first-order chi connectivity index (χ1) is 12.3. The highest BCUT2D eigenvalue weighted by Crippen LogP contribution is 2.22. The molecule has 1 aromatic heterocycles. The van der Waals surface area contributed by atoms with E-state index in [9.17, 15) is 0 Å². The van der Waals surface area contributed by atoms with Crippen molar-refractivity contribution >= 4 is 29.9 Å². The van der Waals surface area contributed by atoms with E-state index in [-0.39, 0.29) is 29.4 Å². The second-order valence-electron chi connectivity index (χ2n) is 8.78. The van der Waals surface area contributed by atoms with Gasteiger partial charge in [-0.1, -0.05) is 34.6 Å². The zero-order valence-corrected chi connectivity index (χ0v) is 20.2. The Kier molecular flexibility index (Phi) is 10.1. The molecule has 2 unspecified atom stereocenters. The van der Waals surface area contributed by atoms with Crippen LogP contribution in [0.2, 0.25) is 0 Å². The molecule has 1 aliphatic rings. The molecule has 2 heterocycles. The third-order valence-electron chi connectivity index (χ3n) is 4.81. The zero-order chi connectivity index (χ0) is 19.2. The number of rotatable bonds is 6. The molecule has 0 aliphatic carbocycles. The second kappa shape index (κ2) is 11.2. The number of halogens is 1. The predicted octanol–water partition coefficient (Wildman–Crippen LogP) is 3.62. The first kappa shape index (κ1) is 24.2. The van der Waals surface area contributed by atoms with E-state index >= 15 is 0 Å². The summed E-state index contributed by atoms with van der Waals surface area (Å²) in [5.41, 5.74) is -0.0192. The molecule has 1 fully saturated rings. The number of hydrogen-bond donors (Lipinski definition) is 2. The van der Waals surface area contributed by atoms with Gasteiger partial charge in [0.25, 0.3) is 0 Å². The van der Waals surface area contributed by atoms with Gasteiger partial charge in [0.2, 0.25) is 5.89 Å². The van der Waals surface area contributed by atoms with E-state index in [1.165, 1.54) is 19.5 Å². The topological polar surface area (TPSA) is 65.7 Å². The Hall–Kier alpha value is -0.830. The molecule has 1 aliphatic heterocycles. The lowest BCUT2D eigenvalue weighted by Crippen LogP contribution is -2.41. The summed E-state index contributed by atoms with van der Waals surface area (Å²) in [5.74, 6) is 4.03. The lowest BCUT2D eigenvalue weighted by atomic mass is 9.92. The number of aromatic nitrogens is 1. The highest BCUT2D eigenvalue weighted by Gasteiger charge is 2.21.